The van der Waals surface area contributed by atoms with E-state index < -0.39 is 4.92 Å². The van der Waals surface area contributed by atoms with Gasteiger partial charge in [0.1, 0.15) is 24.7 Å². The molecule has 0 spiro atoms. The van der Waals surface area contributed by atoms with Crippen molar-refractivity contribution in [1.82, 2.24) is 14.5 Å². The highest BCUT2D eigenvalue weighted by atomic mass is 16.6. The van der Waals surface area contributed by atoms with E-state index in [0.717, 1.165) is 16.7 Å². The van der Waals surface area contributed by atoms with Crippen LogP contribution in [0.4, 0.5) is 11.6 Å². The highest BCUT2D eigenvalue weighted by molar-refractivity contribution is 5.63. The Balaban J connectivity index is 1.36. The van der Waals surface area contributed by atoms with Crippen LogP contribution in [0.3, 0.4) is 0 Å². The normalized spacial score (nSPS) is 15.8. The first-order chi connectivity index (χ1) is 13.1. The van der Waals surface area contributed by atoms with Crippen molar-refractivity contribution in [3.8, 4) is 17.1 Å². The summed E-state index contributed by atoms with van der Waals surface area (Å²) in [5.74, 6) is 0.267. The van der Waals surface area contributed by atoms with Crippen LogP contribution in [0.15, 0.2) is 48.8 Å². The second-order valence-electron chi connectivity index (χ2n) is 6.20. The van der Waals surface area contributed by atoms with E-state index in [1.165, 1.54) is 6.20 Å². The minimum atomic E-state index is -0.539. The minimum absolute atomic E-state index is 0.202. The molecule has 2 N–H and O–H groups in total. The summed E-state index contributed by atoms with van der Waals surface area (Å²) in [6.45, 7) is 1.19. The van der Waals surface area contributed by atoms with Crippen molar-refractivity contribution < 1.29 is 14.4 Å². The molecule has 0 bridgehead atoms. The van der Waals surface area contributed by atoms with Crippen LogP contribution in [0.25, 0.3) is 11.1 Å². The molecular weight excluding hydrogens is 350 g/mol. The molecule has 27 heavy (non-hydrogen) atoms. The maximum atomic E-state index is 10.8. The van der Waals surface area contributed by atoms with Gasteiger partial charge in [-0.3, -0.25) is 4.57 Å². The summed E-state index contributed by atoms with van der Waals surface area (Å²) in [5, 5.41) is 10.8. The number of anilines is 1. The summed E-state index contributed by atoms with van der Waals surface area (Å²) < 4.78 is 12.9. The lowest BCUT2D eigenvalue weighted by molar-refractivity contribution is -0.389. The van der Waals surface area contributed by atoms with Gasteiger partial charge in [0.2, 0.25) is 0 Å². The van der Waals surface area contributed by atoms with Crippen molar-refractivity contribution in [2.45, 2.75) is 19.3 Å². The Labute approximate surface area is 154 Å². The van der Waals surface area contributed by atoms with E-state index in [9.17, 15) is 10.1 Å². The number of ether oxygens (including phenoxy) is 2. The largest absolute Gasteiger partial charge is 0.443 e. The van der Waals surface area contributed by atoms with Gasteiger partial charge in [0.25, 0.3) is 0 Å². The number of fused-ring (bicyclic) bond motifs is 1. The number of nitro groups is 1. The highest BCUT2D eigenvalue weighted by Gasteiger charge is 2.28. The third-order valence-corrected chi connectivity index (χ3v) is 4.27. The number of hydrogen-bond donors (Lipinski definition) is 1. The van der Waals surface area contributed by atoms with Crippen LogP contribution in [-0.2, 0) is 17.9 Å². The number of nitrogens with zero attached hydrogens (tertiary/aromatic N) is 4. The number of nitrogen functional groups attached to an aromatic ring is 1. The number of hydrogen-bond acceptors (Lipinski definition) is 7. The van der Waals surface area contributed by atoms with Crippen LogP contribution in [-0.4, -0.2) is 32.2 Å². The van der Waals surface area contributed by atoms with Gasteiger partial charge < -0.3 is 25.3 Å². The molecule has 1 atom stereocenters. The van der Waals surface area contributed by atoms with Crippen molar-refractivity contribution in [1.29, 1.82) is 0 Å². The lowest BCUT2D eigenvalue weighted by Gasteiger charge is -2.22. The Morgan fingerprint density at radius 2 is 2.04 bits per heavy atom. The molecule has 1 aliphatic rings. The van der Waals surface area contributed by atoms with Gasteiger partial charge in [-0.2, -0.15) is 0 Å². The number of nitrogens with two attached hydrogens (primary N) is 1. The fourth-order valence-corrected chi connectivity index (χ4v) is 2.84. The Hall–Kier alpha value is -3.46. The lowest BCUT2D eigenvalue weighted by Crippen LogP contribution is -2.32. The number of pyridine rings is 1. The van der Waals surface area contributed by atoms with Crippen molar-refractivity contribution in [2.24, 2.45) is 0 Å². The molecule has 2 aromatic heterocycles. The fraction of sp³-hybridized carbons (Fsp3) is 0.222. The number of rotatable bonds is 5. The van der Waals surface area contributed by atoms with Gasteiger partial charge >= 0.3 is 11.8 Å². The molecule has 0 fully saturated rings. The summed E-state index contributed by atoms with van der Waals surface area (Å²) in [7, 11) is 0. The quantitative estimate of drug-likeness (QED) is 0.543. The van der Waals surface area contributed by atoms with Crippen LogP contribution in [0, 0.1) is 10.1 Å². The van der Waals surface area contributed by atoms with E-state index in [-0.39, 0.29) is 17.9 Å². The van der Waals surface area contributed by atoms with E-state index in [1.54, 1.807) is 16.8 Å². The molecule has 0 radical (unpaired) electrons. The van der Waals surface area contributed by atoms with Crippen molar-refractivity contribution in [3.63, 3.8) is 0 Å². The molecule has 0 amide bonds. The average molecular weight is 367 g/mol. The summed E-state index contributed by atoms with van der Waals surface area (Å²) >= 11 is 0. The monoisotopic (exact) mass is 367 g/mol. The standard InChI is InChI=1S/C18H17N5O4/c19-16-6-5-14(7-20-16)13-3-1-12(2-4-13)10-26-15-8-22-9-17(23(24)25)21-18(22)27-11-15/h1-7,9,15H,8,10-11H2,(H2,19,20)/t15-/m0/s1. The van der Waals surface area contributed by atoms with Gasteiger partial charge in [0.15, 0.2) is 0 Å². The second kappa shape index (κ2) is 7.04. The Morgan fingerprint density at radius 3 is 2.74 bits per heavy atom. The van der Waals surface area contributed by atoms with E-state index in [2.05, 4.69) is 9.97 Å². The molecular formula is C18H17N5O4. The Bertz CT molecular complexity index is 953. The molecule has 3 aromatic rings. The van der Waals surface area contributed by atoms with E-state index in [4.69, 9.17) is 15.2 Å². The van der Waals surface area contributed by atoms with Gasteiger partial charge in [0.05, 0.1) is 13.2 Å². The first kappa shape index (κ1) is 17.0. The van der Waals surface area contributed by atoms with E-state index >= 15 is 0 Å². The molecule has 0 saturated heterocycles. The topological polar surface area (TPSA) is 118 Å². The van der Waals surface area contributed by atoms with Crippen LogP contribution < -0.4 is 10.5 Å². The molecule has 0 aliphatic carbocycles. The third-order valence-electron chi connectivity index (χ3n) is 4.27. The fourth-order valence-electron chi connectivity index (χ4n) is 2.84. The average Bonchev–Trinajstić information content (AvgIpc) is 3.11. The molecule has 9 nitrogen and oxygen atoms in total. The zero-order valence-corrected chi connectivity index (χ0v) is 14.3. The molecule has 138 valence electrons. The maximum absolute atomic E-state index is 10.8. The summed E-state index contributed by atoms with van der Waals surface area (Å²) in [6.07, 6.45) is 2.90. The first-order valence-corrected chi connectivity index (χ1v) is 8.35. The number of aromatic nitrogens is 3. The van der Waals surface area contributed by atoms with Gasteiger partial charge in [-0.1, -0.05) is 24.3 Å². The summed E-state index contributed by atoms with van der Waals surface area (Å²) in [6, 6.07) is 11.9. The van der Waals surface area contributed by atoms with Gasteiger partial charge in [-0.15, -0.1) is 0 Å². The first-order valence-electron chi connectivity index (χ1n) is 8.35. The zero-order valence-electron chi connectivity index (χ0n) is 14.3. The van der Waals surface area contributed by atoms with Crippen molar-refractivity contribution >= 4 is 11.6 Å². The Kier molecular flexibility index (Phi) is 4.43. The molecule has 4 rings (SSSR count). The van der Waals surface area contributed by atoms with Gasteiger partial charge in [-0.05, 0) is 28.2 Å². The van der Waals surface area contributed by atoms with E-state index in [0.29, 0.717) is 25.6 Å². The van der Waals surface area contributed by atoms with Crippen LogP contribution >= 0.6 is 0 Å². The molecule has 0 unspecified atom stereocenters. The third kappa shape index (κ3) is 3.72. The van der Waals surface area contributed by atoms with Crippen LogP contribution in [0.5, 0.6) is 6.01 Å². The summed E-state index contributed by atoms with van der Waals surface area (Å²) in [5.41, 5.74) is 8.66. The predicted molar refractivity (Wildman–Crippen MR) is 97.0 cm³/mol. The second-order valence-corrected chi connectivity index (χ2v) is 6.20. The van der Waals surface area contributed by atoms with Crippen LogP contribution in [0.2, 0.25) is 0 Å². The lowest BCUT2D eigenvalue weighted by atomic mass is 10.1. The molecule has 3 heterocycles. The van der Waals surface area contributed by atoms with E-state index in [1.807, 2.05) is 30.3 Å². The van der Waals surface area contributed by atoms with Gasteiger partial charge in [0, 0.05) is 16.7 Å². The smallest absolute Gasteiger partial charge is 0.414 e. The molecule has 1 aliphatic heterocycles. The Morgan fingerprint density at radius 1 is 1.26 bits per heavy atom. The SMILES string of the molecule is Nc1ccc(-c2ccc(CO[C@@H]3COc4nc([N+](=O)[O-])cn4C3)cc2)cn1. The molecule has 9 heteroatoms. The summed E-state index contributed by atoms with van der Waals surface area (Å²) in [4.78, 5) is 18.2. The maximum Gasteiger partial charge on any atom is 0.414 e. The van der Waals surface area contributed by atoms with Crippen molar-refractivity contribution in [3.05, 3.63) is 64.5 Å². The number of benzene rings is 1. The highest BCUT2D eigenvalue weighted by Crippen LogP contribution is 2.23. The van der Waals surface area contributed by atoms with Crippen molar-refractivity contribution in [2.75, 3.05) is 12.3 Å². The zero-order chi connectivity index (χ0) is 18.8. The molecule has 1 aromatic carbocycles. The van der Waals surface area contributed by atoms with Crippen LogP contribution in [0.1, 0.15) is 5.56 Å². The van der Waals surface area contributed by atoms with Gasteiger partial charge in [-0.25, -0.2) is 4.98 Å². The molecule has 0 saturated carbocycles. The minimum Gasteiger partial charge on any atom is -0.443 e. The predicted octanol–water partition coefficient (Wildman–Crippen LogP) is 2.41. The number of imidazole rings is 1.